The molecule has 0 spiro atoms. The fraction of sp³-hybridized carbons (Fsp3) is 0. The van der Waals surface area contributed by atoms with Crippen molar-refractivity contribution >= 4 is 11.8 Å². The van der Waals surface area contributed by atoms with Crippen LogP contribution in [0.3, 0.4) is 0 Å². The molecule has 2 aromatic rings. The van der Waals surface area contributed by atoms with E-state index in [1.807, 2.05) is 30.3 Å². The summed E-state index contributed by atoms with van der Waals surface area (Å²) in [4.78, 5) is 0. The van der Waals surface area contributed by atoms with Gasteiger partial charge < -0.3 is 0 Å². The predicted molar refractivity (Wildman–Crippen MR) is 55.2 cm³/mol. The number of rotatable bonds is 3. The molecule has 5 heteroatoms. The van der Waals surface area contributed by atoms with E-state index in [-0.39, 0.29) is 0 Å². The van der Waals surface area contributed by atoms with Crippen LogP contribution >= 0.6 is 11.8 Å². The first-order valence-electron chi connectivity index (χ1n) is 4.03. The third kappa shape index (κ3) is 1.67. The zero-order chi connectivity index (χ0) is 9.80. The number of hydrogen-bond acceptors (Lipinski definition) is 4. The Morgan fingerprint density at radius 1 is 1.29 bits per heavy atom. The molecular formula is C9H8N4S. The zero-order valence-corrected chi connectivity index (χ0v) is 8.18. The van der Waals surface area contributed by atoms with Gasteiger partial charge in [0.15, 0.2) is 0 Å². The molecule has 0 aliphatic heterocycles. The van der Waals surface area contributed by atoms with Crippen LogP contribution in [0.1, 0.15) is 0 Å². The van der Waals surface area contributed by atoms with E-state index in [4.69, 9.17) is 0 Å². The molecule has 0 bridgehead atoms. The maximum atomic E-state index is 3.89. The van der Waals surface area contributed by atoms with Crippen molar-refractivity contribution < 1.29 is 0 Å². The normalized spacial score (nSPS) is 10.0. The lowest BCUT2D eigenvalue weighted by Crippen LogP contribution is -1.97. The molecule has 0 saturated heterocycles. The first kappa shape index (κ1) is 8.96. The summed E-state index contributed by atoms with van der Waals surface area (Å²) in [5, 5.41) is 13.8. The molecule has 70 valence electrons. The lowest BCUT2D eigenvalue weighted by atomic mass is 10.3. The number of aromatic nitrogens is 4. The molecule has 0 amide bonds. The van der Waals surface area contributed by atoms with Crippen molar-refractivity contribution in [2.75, 3.05) is 0 Å². The van der Waals surface area contributed by atoms with Crippen molar-refractivity contribution in [2.45, 2.75) is 5.16 Å². The number of nitrogens with zero attached hydrogens (tertiary/aromatic N) is 4. The van der Waals surface area contributed by atoms with Crippen LogP contribution in [0.2, 0.25) is 0 Å². The average molecular weight is 204 g/mol. The zero-order valence-electron chi connectivity index (χ0n) is 7.37. The second-order valence-corrected chi connectivity index (χ2v) is 3.43. The summed E-state index contributed by atoms with van der Waals surface area (Å²) in [6, 6.07) is 9.74. The third-order valence-electron chi connectivity index (χ3n) is 1.63. The highest BCUT2D eigenvalue weighted by molar-refractivity contribution is 8.02. The number of benzene rings is 1. The molecule has 0 fully saturated rings. The van der Waals surface area contributed by atoms with Gasteiger partial charge >= 0.3 is 0 Å². The molecule has 0 N–H and O–H groups in total. The van der Waals surface area contributed by atoms with Crippen molar-refractivity contribution in [3.05, 3.63) is 42.3 Å². The van der Waals surface area contributed by atoms with Gasteiger partial charge in [-0.05, 0) is 28.0 Å². The standard InChI is InChI=1S/C9H8N4S/c1-2-14-9-10-11-12-13(9)8-6-4-3-5-7-8/h2-7H,1H2. The van der Waals surface area contributed by atoms with Crippen LogP contribution in [0.5, 0.6) is 0 Å². The minimum absolute atomic E-state index is 0.714. The Hall–Kier alpha value is -1.62. The molecule has 0 unspecified atom stereocenters. The van der Waals surface area contributed by atoms with Crippen LogP contribution in [0.15, 0.2) is 47.5 Å². The first-order valence-corrected chi connectivity index (χ1v) is 4.91. The van der Waals surface area contributed by atoms with Crippen molar-refractivity contribution in [1.29, 1.82) is 0 Å². The highest BCUT2D eigenvalue weighted by Crippen LogP contribution is 2.17. The molecule has 1 heterocycles. The van der Waals surface area contributed by atoms with Gasteiger partial charge in [-0.1, -0.05) is 36.5 Å². The molecule has 4 nitrogen and oxygen atoms in total. The largest absolute Gasteiger partial charge is 0.218 e. The second kappa shape index (κ2) is 4.06. The minimum atomic E-state index is 0.714. The van der Waals surface area contributed by atoms with Gasteiger partial charge in [0.25, 0.3) is 0 Å². The molecule has 1 aromatic heterocycles. The molecule has 0 radical (unpaired) electrons. The fourth-order valence-electron chi connectivity index (χ4n) is 1.06. The summed E-state index contributed by atoms with van der Waals surface area (Å²) in [5.41, 5.74) is 0.946. The van der Waals surface area contributed by atoms with Gasteiger partial charge in [-0.3, -0.25) is 0 Å². The summed E-state index contributed by atoms with van der Waals surface area (Å²) in [6.07, 6.45) is 0. The van der Waals surface area contributed by atoms with E-state index in [0.29, 0.717) is 5.16 Å². The van der Waals surface area contributed by atoms with Crippen LogP contribution in [0.25, 0.3) is 5.69 Å². The maximum Gasteiger partial charge on any atom is 0.218 e. The van der Waals surface area contributed by atoms with Gasteiger partial charge in [-0.15, -0.1) is 5.10 Å². The van der Waals surface area contributed by atoms with Gasteiger partial charge in [0, 0.05) is 0 Å². The van der Waals surface area contributed by atoms with Gasteiger partial charge in [-0.2, -0.15) is 4.68 Å². The molecule has 0 aliphatic rings. The van der Waals surface area contributed by atoms with E-state index in [0.717, 1.165) is 5.69 Å². The van der Waals surface area contributed by atoms with Gasteiger partial charge in [0.05, 0.1) is 5.69 Å². The third-order valence-corrected chi connectivity index (χ3v) is 2.26. The van der Waals surface area contributed by atoms with E-state index in [1.54, 1.807) is 10.1 Å². The lowest BCUT2D eigenvalue weighted by Gasteiger charge is -2.00. The molecule has 14 heavy (non-hydrogen) atoms. The Bertz CT molecular complexity index is 423. The van der Waals surface area contributed by atoms with Crippen molar-refractivity contribution in [2.24, 2.45) is 0 Å². The maximum absolute atomic E-state index is 3.89. The van der Waals surface area contributed by atoms with Crippen molar-refractivity contribution in [1.82, 2.24) is 20.2 Å². The van der Waals surface area contributed by atoms with Crippen LogP contribution < -0.4 is 0 Å². The Morgan fingerprint density at radius 2 is 2.07 bits per heavy atom. The fourth-order valence-corrected chi connectivity index (χ4v) is 1.53. The van der Waals surface area contributed by atoms with E-state index in [9.17, 15) is 0 Å². The molecule has 1 aromatic carbocycles. The number of para-hydroxylation sites is 1. The molecular weight excluding hydrogens is 196 g/mol. The Kier molecular flexibility index (Phi) is 2.60. The van der Waals surface area contributed by atoms with Crippen LogP contribution in [-0.4, -0.2) is 20.2 Å². The lowest BCUT2D eigenvalue weighted by molar-refractivity contribution is 0.757. The predicted octanol–water partition coefficient (Wildman–Crippen LogP) is 1.90. The Labute approximate surface area is 85.6 Å². The summed E-state index contributed by atoms with van der Waals surface area (Å²) in [6.45, 7) is 3.62. The van der Waals surface area contributed by atoms with Crippen molar-refractivity contribution in [3.63, 3.8) is 0 Å². The first-order chi connectivity index (χ1) is 6.92. The monoisotopic (exact) mass is 204 g/mol. The highest BCUT2D eigenvalue weighted by atomic mass is 32.2. The van der Waals surface area contributed by atoms with Crippen LogP contribution in [-0.2, 0) is 0 Å². The number of hydrogen-bond donors (Lipinski definition) is 0. The van der Waals surface area contributed by atoms with Crippen molar-refractivity contribution in [3.8, 4) is 5.69 Å². The topological polar surface area (TPSA) is 43.6 Å². The summed E-state index contributed by atoms with van der Waals surface area (Å²) in [7, 11) is 0. The number of thioether (sulfide) groups is 1. The SMILES string of the molecule is C=CSc1nnnn1-c1ccccc1. The van der Waals surface area contributed by atoms with Crippen LogP contribution in [0, 0.1) is 0 Å². The molecule has 2 rings (SSSR count). The van der Waals surface area contributed by atoms with Gasteiger partial charge in [-0.25, -0.2) is 0 Å². The van der Waals surface area contributed by atoms with Gasteiger partial charge in [0.1, 0.15) is 0 Å². The average Bonchev–Trinajstić information content (AvgIpc) is 2.68. The number of tetrazole rings is 1. The molecule has 0 aliphatic carbocycles. The quantitative estimate of drug-likeness (QED) is 0.716. The van der Waals surface area contributed by atoms with E-state index in [2.05, 4.69) is 22.1 Å². The van der Waals surface area contributed by atoms with Crippen LogP contribution in [0.4, 0.5) is 0 Å². The van der Waals surface area contributed by atoms with E-state index >= 15 is 0 Å². The van der Waals surface area contributed by atoms with E-state index < -0.39 is 0 Å². The van der Waals surface area contributed by atoms with Gasteiger partial charge in [0.2, 0.25) is 5.16 Å². The molecule has 0 atom stereocenters. The summed E-state index contributed by atoms with van der Waals surface area (Å²) in [5.74, 6) is 0. The smallest absolute Gasteiger partial charge is 0.187 e. The molecule has 0 saturated carbocycles. The second-order valence-electron chi connectivity index (χ2n) is 2.49. The highest BCUT2D eigenvalue weighted by Gasteiger charge is 2.05. The van der Waals surface area contributed by atoms with E-state index in [1.165, 1.54) is 11.8 Å². The Morgan fingerprint density at radius 3 is 2.79 bits per heavy atom. The minimum Gasteiger partial charge on any atom is -0.187 e. The summed E-state index contributed by atoms with van der Waals surface area (Å²) >= 11 is 1.39. The summed E-state index contributed by atoms with van der Waals surface area (Å²) < 4.78 is 1.67. The Balaban J connectivity index is 2.41.